The molecule has 1 rings (SSSR count). The van der Waals surface area contributed by atoms with Gasteiger partial charge in [-0.3, -0.25) is 0 Å². The van der Waals surface area contributed by atoms with Gasteiger partial charge in [0, 0.05) is 19.1 Å². The summed E-state index contributed by atoms with van der Waals surface area (Å²) in [5.41, 5.74) is 0. The standard InChI is InChI=1S/C12H26N2O2S/c1-12(2,3)17(15,16)9-8-14(4)11-6-5-7-13-10-11/h11,13H,5-10H2,1-4H3. The third-order valence-corrected chi connectivity index (χ3v) is 6.13. The van der Waals surface area contributed by atoms with E-state index in [1.54, 1.807) is 20.8 Å². The van der Waals surface area contributed by atoms with Gasteiger partial charge in [-0.25, -0.2) is 8.42 Å². The first kappa shape index (κ1) is 14.9. The maximum atomic E-state index is 12.0. The zero-order valence-electron chi connectivity index (χ0n) is 11.5. The van der Waals surface area contributed by atoms with E-state index in [1.165, 1.54) is 12.8 Å². The van der Waals surface area contributed by atoms with Crippen molar-refractivity contribution >= 4 is 9.84 Å². The second kappa shape index (κ2) is 5.67. The van der Waals surface area contributed by atoms with E-state index in [1.807, 2.05) is 7.05 Å². The van der Waals surface area contributed by atoms with E-state index in [9.17, 15) is 8.42 Å². The molecule has 1 heterocycles. The molecule has 0 spiro atoms. The predicted octanol–water partition coefficient (Wildman–Crippen LogP) is 0.884. The van der Waals surface area contributed by atoms with Gasteiger partial charge in [-0.15, -0.1) is 0 Å². The molecule has 17 heavy (non-hydrogen) atoms. The highest BCUT2D eigenvalue weighted by atomic mass is 32.2. The van der Waals surface area contributed by atoms with Crippen LogP contribution in [0, 0.1) is 0 Å². The van der Waals surface area contributed by atoms with Crippen molar-refractivity contribution in [2.24, 2.45) is 0 Å². The van der Waals surface area contributed by atoms with Gasteiger partial charge in [0.25, 0.3) is 0 Å². The van der Waals surface area contributed by atoms with E-state index < -0.39 is 14.6 Å². The highest BCUT2D eigenvalue weighted by molar-refractivity contribution is 7.92. The van der Waals surface area contributed by atoms with Crippen LogP contribution >= 0.6 is 0 Å². The first-order chi connectivity index (χ1) is 7.74. The summed E-state index contributed by atoms with van der Waals surface area (Å²) in [5, 5.41) is 3.35. The molecule has 0 amide bonds. The summed E-state index contributed by atoms with van der Waals surface area (Å²) in [5.74, 6) is 0.253. The number of hydrogen-bond acceptors (Lipinski definition) is 4. The average molecular weight is 262 g/mol. The van der Waals surface area contributed by atoms with E-state index in [-0.39, 0.29) is 5.75 Å². The zero-order chi connectivity index (χ0) is 13.1. The number of sulfone groups is 1. The molecule has 102 valence electrons. The summed E-state index contributed by atoms with van der Waals surface area (Å²) < 4.78 is 23.4. The molecule has 0 aromatic heterocycles. The lowest BCUT2D eigenvalue weighted by Crippen LogP contribution is -2.46. The normalized spacial score (nSPS) is 23.0. The molecule has 5 heteroatoms. The van der Waals surface area contributed by atoms with Crippen LogP contribution in [0.1, 0.15) is 33.6 Å². The summed E-state index contributed by atoms with van der Waals surface area (Å²) in [7, 11) is -0.970. The van der Waals surface area contributed by atoms with Crippen molar-refractivity contribution in [3.63, 3.8) is 0 Å². The number of rotatable bonds is 4. The number of piperidine rings is 1. The minimum absolute atomic E-state index is 0.253. The third-order valence-electron chi connectivity index (χ3n) is 3.54. The molecular formula is C12H26N2O2S. The van der Waals surface area contributed by atoms with Gasteiger partial charge in [0.1, 0.15) is 0 Å². The first-order valence-electron chi connectivity index (χ1n) is 6.37. The van der Waals surface area contributed by atoms with Crippen molar-refractivity contribution in [2.45, 2.75) is 44.4 Å². The molecule has 1 unspecified atom stereocenters. The number of nitrogens with one attached hydrogen (secondary N) is 1. The Kier molecular flexibility index (Phi) is 4.98. The molecule has 1 aliphatic heterocycles. The van der Waals surface area contributed by atoms with Gasteiger partial charge in [0.15, 0.2) is 9.84 Å². The van der Waals surface area contributed by atoms with Crippen molar-refractivity contribution in [1.82, 2.24) is 10.2 Å². The molecule has 1 atom stereocenters. The van der Waals surface area contributed by atoms with Crippen molar-refractivity contribution in [3.8, 4) is 0 Å². The van der Waals surface area contributed by atoms with Crippen molar-refractivity contribution in [3.05, 3.63) is 0 Å². The molecule has 1 aliphatic rings. The summed E-state index contributed by atoms with van der Waals surface area (Å²) in [6.07, 6.45) is 2.35. The van der Waals surface area contributed by atoms with E-state index in [4.69, 9.17) is 0 Å². The van der Waals surface area contributed by atoms with E-state index in [0.717, 1.165) is 13.1 Å². The molecule has 4 nitrogen and oxygen atoms in total. The van der Waals surface area contributed by atoms with Crippen LogP contribution in [0.5, 0.6) is 0 Å². The van der Waals surface area contributed by atoms with E-state index in [2.05, 4.69) is 10.2 Å². The van der Waals surface area contributed by atoms with Crippen LogP contribution < -0.4 is 5.32 Å². The van der Waals surface area contributed by atoms with Crippen molar-refractivity contribution < 1.29 is 8.42 Å². The van der Waals surface area contributed by atoms with Crippen LogP contribution in [-0.2, 0) is 9.84 Å². The summed E-state index contributed by atoms with van der Waals surface area (Å²) >= 11 is 0. The monoisotopic (exact) mass is 262 g/mol. The summed E-state index contributed by atoms with van der Waals surface area (Å²) in [4.78, 5) is 2.18. The van der Waals surface area contributed by atoms with E-state index in [0.29, 0.717) is 12.6 Å². The topological polar surface area (TPSA) is 49.4 Å². The molecule has 1 saturated heterocycles. The average Bonchev–Trinajstić information content (AvgIpc) is 2.25. The Morgan fingerprint density at radius 3 is 2.47 bits per heavy atom. The summed E-state index contributed by atoms with van der Waals surface area (Å²) in [6.45, 7) is 8.00. The highest BCUT2D eigenvalue weighted by Crippen LogP contribution is 2.16. The Hall–Kier alpha value is -0.130. The second-order valence-electron chi connectivity index (χ2n) is 5.91. The number of likely N-dealkylation sites (N-methyl/N-ethyl adjacent to an activating group) is 1. The van der Waals surface area contributed by atoms with Crippen LogP contribution in [0.25, 0.3) is 0 Å². The molecule has 0 saturated carbocycles. The smallest absolute Gasteiger partial charge is 0.156 e. The lowest BCUT2D eigenvalue weighted by atomic mass is 10.1. The predicted molar refractivity (Wildman–Crippen MR) is 72.1 cm³/mol. The Balaban J connectivity index is 2.45. The molecule has 0 bridgehead atoms. The van der Waals surface area contributed by atoms with Crippen LogP contribution in [0.4, 0.5) is 0 Å². The van der Waals surface area contributed by atoms with Gasteiger partial charge in [-0.05, 0) is 47.2 Å². The van der Waals surface area contributed by atoms with Crippen LogP contribution in [-0.4, -0.2) is 56.5 Å². The van der Waals surface area contributed by atoms with Gasteiger partial charge in [0.2, 0.25) is 0 Å². The van der Waals surface area contributed by atoms with Gasteiger partial charge in [0.05, 0.1) is 10.5 Å². The maximum absolute atomic E-state index is 12.0. The fourth-order valence-electron chi connectivity index (χ4n) is 1.96. The van der Waals surface area contributed by atoms with Gasteiger partial charge >= 0.3 is 0 Å². The highest BCUT2D eigenvalue weighted by Gasteiger charge is 2.29. The number of nitrogens with zero attached hydrogens (tertiary/aromatic N) is 1. The lowest BCUT2D eigenvalue weighted by Gasteiger charge is -2.32. The van der Waals surface area contributed by atoms with Crippen LogP contribution in [0.2, 0.25) is 0 Å². The van der Waals surface area contributed by atoms with Gasteiger partial charge < -0.3 is 10.2 Å². The fourth-order valence-corrected chi connectivity index (χ4v) is 3.10. The molecule has 0 aromatic carbocycles. The fraction of sp³-hybridized carbons (Fsp3) is 1.00. The third kappa shape index (κ3) is 4.23. The van der Waals surface area contributed by atoms with Crippen LogP contribution in [0.15, 0.2) is 0 Å². The van der Waals surface area contributed by atoms with Gasteiger partial charge in [-0.1, -0.05) is 0 Å². The Morgan fingerprint density at radius 1 is 1.35 bits per heavy atom. The largest absolute Gasteiger partial charge is 0.315 e. The van der Waals surface area contributed by atoms with E-state index >= 15 is 0 Å². The summed E-state index contributed by atoms with van der Waals surface area (Å²) in [6, 6.07) is 0.485. The van der Waals surface area contributed by atoms with Crippen molar-refractivity contribution in [1.29, 1.82) is 0 Å². The SMILES string of the molecule is CN(CCS(=O)(=O)C(C)(C)C)C1CCCNC1. The Labute approximate surface area is 106 Å². The Morgan fingerprint density at radius 2 is 2.00 bits per heavy atom. The molecule has 1 N–H and O–H groups in total. The molecule has 0 radical (unpaired) electrons. The van der Waals surface area contributed by atoms with Gasteiger partial charge in [-0.2, -0.15) is 0 Å². The minimum atomic E-state index is -2.99. The quantitative estimate of drug-likeness (QED) is 0.817. The first-order valence-corrected chi connectivity index (χ1v) is 8.02. The Bertz CT molecular complexity index is 327. The van der Waals surface area contributed by atoms with Crippen LogP contribution in [0.3, 0.4) is 0 Å². The number of hydrogen-bond donors (Lipinski definition) is 1. The second-order valence-corrected chi connectivity index (χ2v) is 8.77. The lowest BCUT2D eigenvalue weighted by molar-refractivity contribution is 0.213. The molecule has 1 fully saturated rings. The molecular weight excluding hydrogens is 236 g/mol. The minimum Gasteiger partial charge on any atom is -0.315 e. The van der Waals surface area contributed by atoms with Crippen molar-refractivity contribution in [2.75, 3.05) is 32.4 Å². The maximum Gasteiger partial charge on any atom is 0.156 e. The molecule has 0 aromatic rings. The zero-order valence-corrected chi connectivity index (χ0v) is 12.3. The molecule has 0 aliphatic carbocycles.